The van der Waals surface area contributed by atoms with Crippen LogP contribution in [-0.4, -0.2) is 35.0 Å². The van der Waals surface area contributed by atoms with Crippen LogP contribution in [-0.2, 0) is 6.42 Å². The maximum Gasteiger partial charge on any atom is 0.252 e. The molecule has 146 valence electrons. The van der Waals surface area contributed by atoms with Crippen molar-refractivity contribution in [3.05, 3.63) is 60.0 Å². The van der Waals surface area contributed by atoms with Gasteiger partial charge in [0.1, 0.15) is 0 Å². The molecule has 2 aromatic heterocycles. The van der Waals surface area contributed by atoms with Gasteiger partial charge in [-0.3, -0.25) is 9.78 Å². The molecule has 28 heavy (non-hydrogen) atoms. The molecule has 1 amide bonds. The van der Waals surface area contributed by atoms with Crippen molar-refractivity contribution in [2.75, 3.05) is 18.0 Å². The summed E-state index contributed by atoms with van der Waals surface area (Å²) < 4.78 is 0. The number of piperidine rings is 1. The summed E-state index contributed by atoms with van der Waals surface area (Å²) >= 11 is 0. The number of H-pyrrole nitrogens is 1. The number of anilines is 1. The van der Waals surface area contributed by atoms with Gasteiger partial charge in [-0.2, -0.15) is 0 Å². The van der Waals surface area contributed by atoms with Crippen LogP contribution in [0.15, 0.2) is 48.9 Å². The van der Waals surface area contributed by atoms with Gasteiger partial charge in [-0.05, 0) is 49.8 Å². The van der Waals surface area contributed by atoms with E-state index in [1.54, 1.807) is 6.20 Å². The molecule has 2 N–H and O–H groups in total. The van der Waals surface area contributed by atoms with Crippen LogP contribution in [0.2, 0.25) is 0 Å². The van der Waals surface area contributed by atoms with Crippen LogP contribution in [0, 0.1) is 0 Å². The van der Waals surface area contributed by atoms with Crippen LogP contribution < -0.4 is 10.2 Å². The van der Waals surface area contributed by atoms with Gasteiger partial charge in [0.25, 0.3) is 5.91 Å². The predicted octanol–water partition coefficient (Wildman–Crippen LogP) is 4.30. The smallest absolute Gasteiger partial charge is 0.252 e. The van der Waals surface area contributed by atoms with Gasteiger partial charge in [0.2, 0.25) is 0 Å². The second kappa shape index (κ2) is 8.46. The summed E-state index contributed by atoms with van der Waals surface area (Å²) in [6, 6.07) is 10.8. The lowest BCUT2D eigenvalue weighted by Crippen LogP contribution is -2.39. The summed E-state index contributed by atoms with van der Waals surface area (Å²) in [5.41, 5.74) is 4.06. The normalized spacial score (nSPS) is 17.0. The lowest BCUT2D eigenvalue weighted by Gasteiger charge is -2.37. The van der Waals surface area contributed by atoms with Gasteiger partial charge in [-0.15, -0.1) is 0 Å². The van der Waals surface area contributed by atoms with Crippen molar-refractivity contribution in [1.29, 1.82) is 0 Å². The quantitative estimate of drug-likeness (QED) is 0.674. The van der Waals surface area contributed by atoms with Crippen molar-refractivity contribution in [3.63, 3.8) is 0 Å². The highest BCUT2D eigenvalue weighted by molar-refractivity contribution is 5.94. The first kappa shape index (κ1) is 18.5. The van der Waals surface area contributed by atoms with Gasteiger partial charge in [-0.25, -0.2) is 0 Å². The van der Waals surface area contributed by atoms with Crippen LogP contribution in [0.3, 0.4) is 0 Å². The molecule has 3 heterocycles. The van der Waals surface area contributed by atoms with E-state index in [1.165, 1.54) is 30.2 Å². The van der Waals surface area contributed by atoms with Gasteiger partial charge in [0.15, 0.2) is 0 Å². The van der Waals surface area contributed by atoms with Gasteiger partial charge >= 0.3 is 0 Å². The second-order valence-electron chi connectivity index (χ2n) is 7.55. The van der Waals surface area contributed by atoms with Crippen molar-refractivity contribution in [2.24, 2.45) is 0 Å². The maximum atomic E-state index is 12.6. The van der Waals surface area contributed by atoms with Crippen LogP contribution in [0.4, 0.5) is 5.69 Å². The number of amides is 1. The Hall–Kier alpha value is -2.82. The van der Waals surface area contributed by atoms with E-state index in [0.29, 0.717) is 18.2 Å². The molecule has 0 spiro atoms. The zero-order valence-corrected chi connectivity index (χ0v) is 16.4. The van der Waals surface area contributed by atoms with E-state index < -0.39 is 0 Å². The van der Waals surface area contributed by atoms with Crippen molar-refractivity contribution < 1.29 is 4.79 Å². The minimum Gasteiger partial charge on any atom is -0.367 e. The largest absolute Gasteiger partial charge is 0.367 e. The standard InChI is InChI=1S/C23H28N4O/c1-2-19-7-5-6-12-27(19)20-13-18(14-24-16-20)23(28)25-11-10-17-15-26-22-9-4-3-8-21(17)22/h3-4,8-9,13-16,19,26H,2,5-7,10-12H2,1H3,(H,25,28). The Bertz CT molecular complexity index is 948. The van der Waals surface area contributed by atoms with Crippen molar-refractivity contribution in [2.45, 2.75) is 45.1 Å². The number of aromatic nitrogens is 2. The van der Waals surface area contributed by atoms with Gasteiger partial charge in [0.05, 0.1) is 17.4 Å². The molecule has 1 aliphatic rings. The number of hydrogen-bond donors (Lipinski definition) is 2. The number of para-hydroxylation sites is 1. The van der Waals surface area contributed by atoms with Crippen molar-refractivity contribution >= 4 is 22.5 Å². The highest BCUT2D eigenvalue weighted by Crippen LogP contribution is 2.26. The van der Waals surface area contributed by atoms with E-state index in [2.05, 4.69) is 39.2 Å². The molecule has 5 nitrogen and oxygen atoms in total. The minimum absolute atomic E-state index is 0.0563. The van der Waals surface area contributed by atoms with E-state index in [0.717, 1.165) is 30.6 Å². The molecule has 0 radical (unpaired) electrons. The van der Waals surface area contributed by atoms with E-state index in [1.807, 2.05) is 30.6 Å². The van der Waals surface area contributed by atoms with Crippen LogP contribution in [0.25, 0.3) is 10.9 Å². The summed E-state index contributed by atoms with van der Waals surface area (Å²) in [5, 5.41) is 4.26. The Balaban J connectivity index is 1.39. The maximum absolute atomic E-state index is 12.6. The fourth-order valence-corrected chi connectivity index (χ4v) is 4.23. The number of fused-ring (bicyclic) bond motifs is 1. The number of benzene rings is 1. The lowest BCUT2D eigenvalue weighted by molar-refractivity contribution is 0.0954. The highest BCUT2D eigenvalue weighted by atomic mass is 16.1. The summed E-state index contributed by atoms with van der Waals surface area (Å²) in [4.78, 5) is 22.7. The summed E-state index contributed by atoms with van der Waals surface area (Å²) in [7, 11) is 0. The second-order valence-corrected chi connectivity index (χ2v) is 7.55. The Labute approximate surface area is 166 Å². The number of rotatable bonds is 6. The Morgan fingerprint density at radius 1 is 1.29 bits per heavy atom. The molecule has 1 fully saturated rings. The Morgan fingerprint density at radius 2 is 2.18 bits per heavy atom. The number of nitrogens with one attached hydrogen (secondary N) is 2. The topological polar surface area (TPSA) is 61.0 Å². The van der Waals surface area contributed by atoms with Gasteiger partial charge in [-0.1, -0.05) is 25.1 Å². The average Bonchev–Trinajstić information content (AvgIpc) is 3.17. The van der Waals surface area contributed by atoms with Crippen LogP contribution >= 0.6 is 0 Å². The van der Waals surface area contributed by atoms with Crippen molar-refractivity contribution in [1.82, 2.24) is 15.3 Å². The summed E-state index contributed by atoms with van der Waals surface area (Å²) in [6.07, 6.45) is 11.2. The molecule has 1 aromatic carbocycles. The molecule has 1 aliphatic heterocycles. The number of aromatic amines is 1. The number of nitrogens with zero attached hydrogens (tertiary/aromatic N) is 2. The fraction of sp³-hybridized carbons (Fsp3) is 0.391. The third kappa shape index (κ3) is 3.88. The molecule has 1 saturated heterocycles. The molecular weight excluding hydrogens is 348 g/mol. The number of hydrogen-bond acceptors (Lipinski definition) is 3. The zero-order valence-electron chi connectivity index (χ0n) is 16.4. The monoisotopic (exact) mass is 376 g/mol. The molecule has 1 unspecified atom stereocenters. The van der Waals surface area contributed by atoms with E-state index in [4.69, 9.17) is 0 Å². The van der Waals surface area contributed by atoms with E-state index in [-0.39, 0.29) is 5.91 Å². The minimum atomic E-state index is -0.0563. The first-order valence-corrected chi connectivity index (χ1v) is 10.3. The molecule has 5 heteroatoms. The third-order valence-corrected chi connectivity index (χ3v) is 5.77. The summed E-state index contributed by atoms with van der Waals surface area (Å²) in [6.45, 7) is 3.88. The molecule has 4 rings (SSSR count). The first-order chi connectivity index (χ1) is 13.8. The highest BCUT2D eigenvalue weighted by Gasteiger charge is 2.22. The van der Waals surface area contributed by atoms with Crippen molar-refractivity contribution in [3.8, 4) is 0 Å². The molecule has 0 saturated carbocycles. The Kier molecular flexibility index (Phi) is 5.60. The van der Waals surface area contributed by atoms with E-state index >= 15 is 0 Å². The number of pyridine rings is 1. The average molecular weight is 377 g/mol. The Morgan fingerprint density at radius 3 is 3.07 bits per heavy atom. The number of carbonyl (C=O) groups is 1. The van der Waals surface area contributed by atoms with Gasteiger partial charge in [0, 0.05) is 42.4 Å². The third-order valence-electron chi connectivity index (χ3n) is 5.77. The molecule has 0 aliphatic carbocycles. The molecule has 3 aromatic rings. The van der Waals surface area contributed by atoms with Crippen LogP contribution in [0.5, 0.6) is 0 Å². The van der Waals surface area contributed by atoms with E-state index in [9.17, 15) is 4.79 Å². The molecular formula is C23H28N4O. The predicted molar refractivity (Wildman–Crippen MR) is 114 cm³/mol. The first-order valence-electron chi connectivity index (χ1n) is 10.3. The lowest BCUT2D eigenvalue weighted by atomic mass is 9.99. The zero-order chi connectivity index (χ0) is 19.3. The number of carbonyl (C=O) groups excluding carboxylic acids is 1. The molecule has 1 atom stereocenters. The molecule has 0 bridgehead atoms. The summed E-state index contributed by atoms with van der Waals surface area (Å²) in [5.74, 6) is -0.0563. The fourth-order valence-electron chi connectivity index (χ4n) is 4.23. The SMILES string of the molecule is CCC1CCCCN1c1cncc(C(=O)NCCc2c[nH]c3ccccc23)c1. The van der Waals surface area contributed by atoms with Gasteiger partial charge < -0.3 is 15.2 Å². The van der Waals surface area contributed by atoms with Crippen LogP contribution in [0.1, 0.15) is 48.5 Å².